The monoisotopic (exact) mass is 518 g/mol. The van der Waals surface area contributed by atoms with Crippen LogP contribution in [-0.4, -0.2) is 57.4 Å². The summed E-state index contributed by atoms with van der Waals surface area (Å²) in [6.45, 7) is 6.61. The molecule has 0 radical (unpaired) electrons. The quantitative estimate of drug-likeness (QED) is 0.585. The summed E-state index contributed by atoms with van der Waals surface area (Å²) >= 11 is 6.20. The molecule has 10 heteroatoms. The Balaban J connectivity index is 1.61. The summed E-state index contributed by atoms with van der Waals surface area (Å²) in [7, 11) is -4.19. The Morgan fingerprint density at radius 2 is 1.83 bits per heavy atom. The number of likely N-dealkylation sites (tertiary alicyclic amines) is 1. The van der Waals surface area contributed by atoms with Crippen molar-refractivity contribution in [1.29, 1.82) is 0 Å². The maximum atomic E-state index is 14.0. The molecule has 2 heterocycles. The number of hydrogen-bond acceptors (Lipinski definition) is 5. The second kappa shape index (κ2) is 10.6. The van der Waals surface area contributed by atoms with E-state index in [4.69, 9.17) is 11.6 Å². The van der Waals surface area contributed by atoms with Crippen molar-refractivity contribution in [1.82, 2.24) is 10.2 Å². The summed E-state index contributed by atoms with van der Waals surface area (Å²) in [6.07, 6.45) is 3.26. The summed E-state index contributed by atoms with van der Waals surface area (Å²) in [5.74, 6) is -0.910. The average Bonchev–Trinajstić information content (AvgIpc) is 2.82. The predicted molar refractivity (Wildman–Crippen MR) is 137 cm³/mol. The normalized spacial score (nSPS) is 18.7. The van der Waals surface area contributed by atoms with Crippen molar-refractivity contribution in [2.45, 2.75) is 50.5 Å². The number of aryl methyl sites for hydroxylation is 2. The van der Waals surface area contributed by atoms with Gasteiger partial charge in [-0.15, -0.1) is 0 Å². The van der Waals surface area contributed by atoms with Gasteiger partial charge in [-0.2, -0.15) is 0 Å². The molecule has 2 amide bonds. The van der Waals surface area contributed by atoms with E-state index in [1.165, 1.54) is 12.5 Å². The zero-order valence-electron chi connectivity index (χ0n) is 20.0. The Hall–Kier alpha value is -2.62. The first-order valence-corrected chi connectivity index (χ1v) is 13.7. The van der Waals surface area contributed by atoms with Gasteiger partial charge in [0, 0.05) is 18.1 Å². The van der Waals surface area contributed by atoms with Crippen LogP contribution in [0.5, 0.6) is 0 Å². The van der Waals surface area contributed by atoms with Crippen LogP contribution in [0.2, 0.25) is 5.02 Å². The van der Waals surface area contributed by atoms with Crippen LogP contribution >= 0.6 is 11.6 Å². The van der Waals surface area contributed by atoms with E-state index in [0.29, 0.717) is 34.1 Å². The van der Waals surface area contributed by atoms with Gasteiger partial charge < -0.3 is 15.5 Å². The first-order valence-electron chi connectivity index (χ1n) is 11.9. The molecule has 1 saturated heterocycles. The smallest absolute Gasteiger partial charge is 0.265 e. The number of halogens is 1. The summed E-state index contributed by atoms with van der Waals surface area (Å²) in [6, 6.07) is 8.58. The summed E-state index contributed by atoms with van der Waals surface area (Å²) in [4.78, 5) is 28.3. The zero-order valence-corrected chi connectivity index (χ0v) is 21.6. The number of fused-ring (bicyclic) bond motifs is 1. The number of para-hydroxylation sites is 2. The minimum Gasteiger partial charge on any atom is -0.355 e. The molecule has 0 aliphatic carbocycles. The molecular formula is C25H31ClN4O4S. The van der Waals surface area contributed by atoms with Crippen LogP contribution in [0.15, 0.2) is 41.3 Å². The predicted octanol–water partition coefficient (Wildman–Crippen LogP) is 3.47. The molecule has 8 nitrogen and oxygen atoms in total. The zero-order chi connectivity index (χ0) is 25.2. The van der Waals surface area contributed by atoms with Crippen molar-refractivity contribution in [3.05, 3.63) is 52.5 Å². The highest BCUT2D eigenvalue weighted by Crippen LogP contribution is 2.38. The fourth-order valence-electron chi connectivity index (χ4n) is 4.66. The number of sulfonamides is 1. The largest absolute Gasteiger partial charge is 0.355 e. The van der Waals surface area contributed by atoms with Crippen LogP contribution in [-0.2, 0) is 19.6 Å². The summed E-state index contributed by atoms with van der Waals surface area (Å²) < 4.78 is 29.0. The minimum atomic E-state index is -4.19. The van der Waals surface area contributed by atoms with Gasteiger partial charge in [0.05, 0.1) is 22.7 Å². The van der Waals surface area contributed by atoms with Crippen molar-refractivity contribution in [2.75, 3.05) is 35.8 Å². The van der Waals surface area contributed by atoms with Gasteiger partial charge >= 0.3 is 0 Å². The van der Waals surface area contributed by atoms with Gasteiger partial charge in [0.1, 0.15) is 6.04 Å². The van der Waals surface area contributed by atoms with Gasteiger partial charge in [0.2, 0.25) is 11.8 Å². The molecule has 188 valence electrons. The third-order valence-electron chi connectivity index (χ3n) is 6.56. The first kappa shape index (κ1) is 25.5. The molecule has 0 spiro atoms. The van der Waals surface area contributed by atoms with Gasteiger partial charge in [-0.25, -0.2) is 8.42 Å². The van der Waals surface area contributed by atoms with E-state index in [0.717, 1.165) is 36.8 Å². The lowest BCUT2D eigenvalue weighted by Gasteiger charge is -2.37. The second-order valence-corrected chi connectivity index (χ2v) is 11.3. The van der Waals surface area contributed by atoms with Crippen LogP contribution in [0.4, 0.5) is 11.4 Å². The molecule has 0 aromatic heterocycles. The highest BCUT2D eigenvalue weighted by molar-refractivity contribution is 7.93. The number of piperidine rings is 1. The molecule has 1 fully saturated rings. The number of amides is 2. The van der Waals surface area contributed by atoms with Crippen LogP contribution in [0.25, 0.3) is 0 Å². The summed E-state index contributed by atoms with van der Waals surface area (Å²) in [5.41, 5.74) is 1.78. The van der Waals surface area contributed by atoms with E-state index in [-0.39, 0.29) is 17.2 Å². The number of hydrogen-bond donors (Lipinski definition) is 2. The Morgan fingerprint density at radius 1 is 1.11 bits per heavy atom. The topological polar surface area (TPSA) is 98.8 Å². The van der Waals surface area contributed by atoms with Crippen LogP contribution in [0.3, 0.4) is 0 Å². The SMILES string of the molecule is Cc1cc(S(=O)(=O)N2c3ccccc3NC(=O)[C@H]2CC(=O)NCCN2CCCCC2)c(C)cc1Cl. The lowest BCUT2D eigenvalue weighted by molar-refractivity contribution is -0.125. The molecule has 0 unspecified atom stereocenters. The van der Waals surface area contributed by atoms with Gasteiger partial charge in [0.15, 0.2) is 0 Å². The third kappa shape index (κ3) is 5.47. The highest BCUT2D eigenvalue weighted by atomic mass is 35.5. The van der Waals surface area contributed by atoms with Gasteiger partial charge in [-0.1, -0.05) is 30.2 Å². The van der Waals surface area contributed by atoms with Crippen molar-refractivity contribution in [3.63, 3.8) is 0 Å². The molecule has 0 bridgehead atoms. The van der Waals surface area contributed by atoms with Gasteiger partial charge in [-0.3, -0.25) is 13.9 Å². The van der Waals surface area contributed by atoms with Crippen molar-refractivity contribution < 1.29 is 18.0 Å². The Kier molecular flexibility index (Phi) is 7.68. The van der Waals surface area contributed by atoms with E-state index < -0.39 is 22.0 Å². The molecule has 0 saturated carbocycles. The van der Waals surface area contributed by atoms with Crippen LogP contribution in [0, 0.1) is 13.8 Å². The average molecular weight is 519 g/mol. The molecule has 2 aliphatic heterocycles. The summed E-state index contributed by atoms with van der Waals surface area (Å²) in [5, 5.41) is 6.08. The van der Waals surface area contributed by atoms with E-state index in [1.807, 2.05) is 0 Å². The fraction of sp³-hybridized carbons (Fsp3) is 0.440. The number of carbonyl (C=O) groups excluding carboxylic acids is 2. The molecule has 2 N–H and O–H groups in total. The number of nitrogens with one attached hydrogen (secondary N) is 2. The fourth-order valence-corrected chi connectivity index (χ4v) is 6.80. The third-order valence-corrected chi connectivity index (χ3v) is 8.93. The lowest BCUT2D eigenvalue weighted by atomic mass is 10.1. The molecule has 2 aromatic rings. The Morgan fingerprint density at radius 3 is 2.57 bits per heavy atom. The molecule has 1 atom stereocenters. The van der Waals surface area contributed by atoms with Crippen LogP contribution in [0.1, 0.15) is 36.8 Å². The molecule has 2 aromatic carbocycles. The molecule has 4 rings (SSSR count). The Bertz CT molecular complexity index is 1230. The van der Waals surface area contributed by atoms with E-state index in [1.54, 1.807) is 44.2 Å². The standard InChI is InChI=1S/C25H31ClN4O4S/c1-17-15-23(18(2)14-19(17)26)35(33,34)30-21-9-5-4-8-20(21)28-25(32)22(30)16-24(31)27-10-13-29-11-6-3-7-12-29/h4-5,8-9,14-15,22H,3,6-7,10-13,16H2,1-2H3,(H,27,31)(H,28,32)/t22-/m1/s1. The molecule has 2 aliphatic rings. The van der Waals surface area contributed by atoms with E-state index in [9.17, 15) is 18.0 Å². The minimum absolute atomic E-state index is 0.0550. The maximum absolute atomic E-state index is 14.0. The molecular weight excluding hydrogens is 488 g/mol. The van der Waals surface area contributed by atoms with E-state index >= 15 is 0 Å². The highest BCUT2D eigenvalue weighted by Gasteiger charge is 2.42. The number of benzene rings is 2. The van der Waals surface area contributed by atoms with Crippen molar-refractivity contribution in [3.8, 4) is 0 Å². The number of anilines is 2. The number of nitrogens with zero attached hydrogens (tertiary/aromatic N) is 2. The van der Waals surface area contributed by atoms with Crippen LogP contribution < -0.4 is 14.9 Å². The van der Waals surface area contributed by atoms with Gasteiger partial charge in [0.25, 0.3) is 10.0 Å². The van der Waals surface area contributed by atoms with Crippen molar-refractivity contribution in [2.24, 2.45) is 0 Å². The van der Waals surface area contributed by atoms with E-state index in [2.05, 4.69) is 15.5 Å². The number of carbonyl (C=O) groups is 2. The van der Waals surface area contributed by atoms with Crippen molar-refractivity contribution >= 4 is 44.8 Å². The molecule has 35 heavy (non-hydrogen) atoms. The first-order chi connectivity index (χ1) is 16.7. The second-order valence-electron chi connectivity index (χ2n) is 9.15. The Labute approximate surface area is 211 Å². The lowest BCUT2D eigenvalue weighted by Crippen LogP contribution is -2.53. The number of rotatable bonds is 7. The maximum Gasteiger partial charge on any atom is 0.265 e. The van der Waals surface area contributed by atoms with Gasteiger partial charge in [-0.05, 0) is 75.2 Å².